The number of H-pyrrole nitrogens is 1. The third kappa shape index (κ3) is 2.82. The van der Waals surface area contributed by atoms with Gasteiger partial charge in [-0.05, 0) is 25.3 Å². The summed E-state index contributed by atoms with van der Waals surface area (Å²) < 4.78 is 0. The molecule has 0 bridgehead atoms. The molecule has 1 aromatic heterocycles. The average Bonchev–Trinajstić information content (AvgIpc) is 2.85. The lowest BCUT2D eigenvalue weighted by molar-refractivity contribution is -0.152. The number of piperidine rings is 1. The fourth-order valence-corrected chi connectivity index (χ4v) is 3.09. The number of nitrogens with one attached hydrogen (secondary N) is 1. The van der Waals surface area contributed by atoms with Crippen molar-refractivity contribution < 1.29 is 14.7 Å². The molecule has 2 N–H and O–H groups in total. The van der Waals surface area contributed by atoms with E-state index in [1.807, 2.05) is 6.92 Å². The number of carboxylic acid groups (broad SMARTS) is 1. The number of hydrogen-bond donors (Lipinski definition) is 2. The number of carbonyl (C=O) groups excluding carboxylic acids is 1. The fraction of sp³-hybridized carbons (Fsp3) is 0.571. The molecule has 0 radical (unpaired) electrons. The summed E-state index contributed by atoms with van der Waals surface area (Å²) in [5, 5.41) is 10.0. The molecule has 6 heteroatoms. The van der Waals surface area contributed by atoms with E-state index in [4.69, 9.17) is 11.6 Å². The van der Waals surface area contributed by atoms with Crippen LogP contribution in [0.3, 0.4) is 0 Å². The van der Waals surface area contributed by atoms with Crippen molar-refractivity contribution >= 4 is 23.5 Å². The number of rotatable bonds is 4. The van der Waals surface area contributed by atoms with Gasteiger partial charge in [0.05, 0.1) is 10.4 Å². The van der Waals surface area contributed by atoms with Crippen molar-refractivity contribution in [2.75, 3.05) is 13.1 Å². The summed E-state index contributed by atoms with van der Waals surface area (Å²) in [6, 6.07) is 1.57. The van der Waals surface area contributed by atoms with Crippen LogP contribution in [0.4, 0.5) is 0 Å². The van der Waals surface area contributed by atoms with Gasteiger partial charge in [-0.15, -0.1) is 0 Å². The highest BCUT2D eigenvalue weighted by Gasteiger charge is 2.43. The molecule has 1 fully saturated rings. The first-order valence-corrected chi connectivity index (χ1v) is 7.23. The second kappa shape index (κ2) is 5.87. The van der Waals surface area contributed by atoms with Crippen LogP contribution in [0.25, 0.3) is 0 Å². The topological polar surface area (TPSA) is 73.4 Å². The summed E-state index contributed by atoms with van der Waals surface area (Å²) in [4.78, 5) is 28.4. The molecule has 1 saturated heterocycles. The number of carbonyl (C=O) groups is 2. The van der Waals surface area contributed by atoms with Crippen LogP contribution in [0.15, 0.2) is 12.3 Å². The first-order valence-electron chi connectivity index (χ1n) is 6.85. The summed E-state index contributed by atoms with van der Waals surface area (Å²) in [5.74, 6) is -0.986. The third-order valence-corrected chi connectivity index (χ3v) is 4.14. The van der Waals surface area contributed by atoms with Gasteiger partial charge in [-0.25, -0.2) is 0 Å². The van der Waals surface area contributed by atoms with Crippen LogP contribution in [0, 0.1) is 5.41 Å². The molecule has 1 amide bonds. The second-order valence-corrected chi connectivity index (χ2v) is 5.83. The van der Waals surface area contributed by atoms with Gasteiger partial charge in [-0.1, -0.05) is 24.9 Å². The van der Waals surface area contributed by atoms with Gasteiger partial charge in [0.2, 0.25) is 0 Å². The number of carboxylic acids is 1. The Kier molecular flexibility index (Phi) is 4.38. The van der Waals surface area contributed by atoms with Crippen LogP contribution in [0.2, 0.25) is 5.02 Å². The average molecular weight is 299 g/mol. The van der Waals surface area contributed by atoms with Crippen LogP contribution in [-0.4, -0.2) is 40.0 Å². The van der Waals surface area contributed by atoms with Gasteiger partial charge in [0.25, 0.3) is 5.91 Å². The highest BCUT2D eigenvalue weighted by atomic mass is 35.5. The molecule has 0 aliphatic carbocycles. The second-order valence-electron chi connectivity index (χ2n) is 5.40. The van der Waals surface area contributed by atoms with Crippen molar-refractivity contribution in [3.05, 3.63) is 23.0 Å². The fourth-order valence-electron chi connectivity index (χ4n) is 2.93. The number of amides is 1. The molecule has 1 atom stereocenters. The minimum Gasteiger partial charge on any atom is -0.481 e. The molecule has 2 rings (SSSR count). The lowest BCUT2D eigenvalue weighted by Crippen LogP contribution is -2.50. The normalized spacial score (nSPS) is 22.8. The Morgan fingerprint density at radius 3 is 2.85 bits per heavy atom. The van der Waals surface area contributed by atoms with E-state index in [9.17, 15) is 14.7 Å². The molecule has 0 saturated carbocycles. The van der Waals surface area contributed by atoms with E-state index >= 15 is 0 Å². The number of aliphatic carboxylic acids is 1. The van der Waals surface area contributed by atoms with E-state index in [1.165, 1.54) is 0 Å². The Hall–Kier alpha value is -1.49. The molecule has 1 unspecified atom stereocenters. The van der Waals surface area contributed by atoms with Crippen molar-refractivity contribution in [3.63, 3.8) is 0 Å². The van der Waals surface area contributed by atoms with Crippen LogP contribution in [0.5, 0.6) is 0 Å². The lowest BCUT2D eigenvalue weighted by atomic mass is 9.76. The van der Waals surface area contributed by atoms with Crippen LogP contribution < -0.4 is 0 Å². The summed E-state index contributed by atoms with van der Waals surface area (Å²) >= 11 is 5.80. The van der Waals surface area contributed by atoms with Gasteiger partial charge in [-0.3, -0.25) is 9.59 Å². The minimum absolute atomic E-state index is 0.182. The zero-order chi connectivity index (χ0) is 14.8. The maximum Gasteiger partial charge on any atom is 0.311 e. The zero-order valence-corrected chi connectivity index (χ0v) is 12.2. The predicted octanol–water partition coefficient (Wildman–Crippen LogP) is 2.78. The quantitative estimate of drug-likeness (QED) is 0.897. The van der Waals surface area contributed by atoms with Crippen LogP contribution in [0.1, 0.15) is 43.1 Å². The summed E-state index contributed by atoms with van der Waals surface area (Å²) in [5.41, 5.74) is -0.397. The summed E-state index contributed by atoms with van der Waals surface area (Å²) in [6.45, 7) is 2.83. The maximum atomic E-state index is 12.4. The molecule has 1 aromatic rings. The van der Waals surface area contributed by atoms with E-state index < -0.39 is 11.4 Å². The Morgan fingerprint density at radius 1 is 1.55 bits per heavy atom. The Balaban J connectivity index is 2.17. The summed E-state index contributed by atoms with van der Waals surface area (Å²) in [6.07, 6.45) is 4.29. The van der Waals surface area contributed by atoms with E-state index in [2.05, 4.69) is 4.98 Å². The Labute approximate surface area is 122 Å². The monoisotopic (exact) mass is 298 g/mol. The molecular formula is C14H19ClN2O3. The smallest absolute Gasteiger partial charge is 0.311 e. The van der Waals surface area contributed by atoms with Crippen molar-refractivity contribution in [3.8, 4) is 0 Å². The van der Waals surface area contributed by atoms with E-state index in [1.54, 1.807) is 17.2 Å². The van der Waals surface area contributed by atoms with E-state index in [0.29, 0.717) is 36.5 Å². The first kappa shape index (κ1) is 14.9. The number of aromatic amines is 1. The van der Waals surface area contributed by atoms with E-state index in [-0.39, 0.29) is 12.5 Å². The standard InChI is InChI=1S/C14H19ClN2O3/c1-2-4-14(13(19)20)5-3-6-17(9-14)12(18)11-7-10(15)8-16-11/h7-8,16H,2-6,9H2,1H3,(H,19,20). The van der Waals surface area contributed by atoms with Crippen LogP contribution >= 0.6 is 11.6 Å². The molecule has 1 aliphatic heterocycles. The molecule has 1 aliphatic rings. The van der Waals surface area contributed by atoms with Crippen molar-refractivity contribution in [1.29, 1.82) is 0 Å². The number of hydrogen-bond acceptors (Lipinski definition) is 2. The number of likely N-dealkylation sites (tertiary alicyclic amines) is 1. The van der Waals surface area contributed by atoms with Gasteiger partial charge >= 0.3 is 5.97 Å². The van der Waals surface area contributed by atoms with Crippen molar-refractivity contribution in [2.45, 2.75) is 32.6 Å². The van der Waals surface area contributed by atoms with Gasteiger partial charge in [0, 0.05) is 19.3 Å². The molecule has 2 heterocycles. The van der Waals surface area contributed by atoms with Crippen LogP contribution in [-0.2, 0) is 4.79 Å². The first-order chi connectivity index (χ1) is 9.48. The number of halogens is 1. The largest absolute Gasteiger partial charge is 0.481 e. The molecular weight excluding hydrogens is 280 g/mol. The third-order valence-electron chi connectivity index (χ3n) is 3.92. The molecule has 0 aromatic carbocycles. The van der Waals surface area contributed by atoms with Crippen molar-refractivity contribution in [1.82, 2.24) is 9.88 Å². The van der Waals surface area contributed by atoms with Gasteiger partial charge in [0.15, 0.2) is 0 Å². The molecule has 20 heavy (non-hydrogen) atoms. The zero-order valence-electron chi connectivity index (χ0n) is 11.5. The number of aromatic nitrogens is 1. The molecule has 0 spiro atoms. The van der Waals surface area contributed by atoms with Gasteiger partial charge in [-0.2, -0.15) is 0 Å². The lowest BCUT2D eigenvalue weighted by Gasteiger charge is -2.39. The van der Waals surface area contributed by atoms with Gasteiger partial charge < -0.3 is 15.0 Å². The highest BCUT2D eigenvalue weighted by molar-refractivity contribution is 6.30. The maximum absolute atomic E-state index is 12.4. The minimum atomic E-state index is -0.807. The summed E-state index contributed by atoms with van der Waals surface area (Å²) in [7, 11) is 0. The van der Waals surface area contributed by atoms with Crippen molar-refractivity contribution in [2.24, 2.45) is 5.41 Å². The Morgan fingerprint density at radius 2 is 2.30 bits per heavy atom. The SMILES string of the molecule is CCCC1(C(=O)O)CCCN(C(=O)c2cc(Cl)c[nH]2)C1. The Bertz CT molecular complexity index is 510. The highest BCUT2D eigenvalue weighted by Crippen LogP contribution is 2.35. The van der Waals surface area contributed by atoms with E-state index in [0.717, 1.165) is 6.42 Å². The molecule has 5 nitrogen and oxygen atoms in total. The molecule has 110 valence electrons. The van der Waals surface area contributed by atoms with Gasteiger partial charge in [0.1, 0.15) is 5.69 Å². The predicted molar refractivity (Wildman–Crippen MR) is 75.9 cm³/mol. The number of nitrogens with zero attached hydrogens (tertiary/aromatic N) is 1.